The van der Waals surface area contributed by atoms with Gasteiger partial charge < -0.3 is 14.8 Å². The van der Waals surface area contributed by atoms with Crippen LogP contribution in [0.3, 0.4) is 0 Å². The lowest BCUT2D eigenvalue weighted by molar-refractivity contribution is -0.123. The summed E-state index contributed by atoms with van der Waals surface area (Å²) in [5, 5.41) is 2.83. The Hall–Kier alpha value is -3.35. The minimum Gasteiger partial charge on any atom is -0.497 e. The first-order valence-corrected chi connectivity index (χ1v) is 10.5. The molecule has 2 aromatic carbocycles. The normalized spacial score (nSPS) is 26.2. The highest BCUT2D eigenvalue weighted by Gasteiger charge is 2.61. The SMILES string of the molecule is COc1ccc(OC)c(NC(=O)c2ccccc2N2C(=O)[C@@H]3[C@@H]4CC[C@H](C4)[C@@H]3C2=O)c1. The predicted octanol–water partition coefficient (Wildman–Crippen LogP) is 3.49. The van der Waals surface area contributed by atoms with E-state index in [1.165, 1.54) is 19.1 Å². The zero-order valence-electron chi connectivity index (χ0n) is 17.5. The summed E-state index contributed by atoms with van der Waals surface area (Å²) in [7, 11) is 3.05. The first-order valence-electron chi connectivity index (χ1n) is 10.5. The van der Waals surface area contributed by atoms with Crippen LogP contribution in [0.4, 0.5) is 11.4 Å². The molecule has 31 heavy (non-hydrogen) atoms. The number of amides is 3. The van der Waals surface area contributed by atoms with E-state index in [-0.39, 0.29) is 29.2 Å². The molecule has 1 saturated heterocycles. The average Bonchev–Trinajstić information content (AvgIpc) is 3.47. The third kappa shape index (κ3) is 2.99. The summed E-state index contributed by atoms with van der Waals surface area (Å²) in [5.74, 6) is 0.396. The Kier molecular flexibility index (Phi) is 4.68. The molecule has 2 aromatic rings. The van der Waals surface area contributed by atoms with E-state index in [4.69, 9.17) is 9.47 Å². The summed E-state index contributed by atoms with van der Waals surface area (Å²) in [5.41, 5.74) is 1.04. The summed E-state index contributed by atoms with van der Waals surface area (Å²) >= 11 is 0. The molecule has 3 aliphatic rings. The molecule has 0 unspecified atom stereocenters. The summed E-state index contributed by atoms with van der Waals surface area (Å²) in [4.78, 5) is 40.9. The van der Waals surface area contributed by atoms with Crippen molar-refractivity contribution >= 4 is 29.1 Å². The van der Waals surface area contributed by atoms with Crippen LogP contribution in [0.1, 0.15) is 29.6 Å². The van der Waals surface area contributed by atoms with Crippen LogP contribution in [0.5, 0.6) is 11.5 Å². The van der Waals surface area contributed by atoms with Crippen molar-refractivity contribution in [3.8, 4) is 11.5 Å². The highest BCUT2D eigenvalue weighted by atomic mass is 16.5. The van der Waals surface area contributed by atoms with Gasteiger partial charge in [-0.3, -0.25) is 14.4 Å². The Bertz CT molecular complexity index is 1050. The van der Waals surface area contributed by atoms with Gasteiger partial charge in [0, 0.05) is 6.07 Å². The van der Waals surface area contributed by atoms with Gasteiger partial charge in [0.05, 0.1) is 43.0 Å². The van der Waals surface area contributed by atoms with Crippen LogP contribution in [0.15, 0.2) is 42.5 Å². The number of para-hydroxylation sites is 1. The van der Waals surface area contributed by atoms with Gasteiger partial charge in [-0.25, -0.2) is 4.90 Å². The van der Waals surface area contributed by atoms with E-state index in [1.807, 2.05) is 0 Å². The maximum absolute atomic E-state index is 13.2. The van der Waals surface area contributed by atoms with E-state index in [9.17, 15) is 14.4 Å². The molecule has 2 bridgehead atoms. The van der Waals surface area contributed by atoms with E-state index >= 15 is 0 Å². The van der Waals surface area contributed by atoms with Gasteiger partial charge in [-0.1, -0.05) is 12.1 Å². The molecule has 0 aromatic heterocycles. The number of fused-ring (bicyclic) bond motifs is 5. The second kappa shape index (κ2) is 7.41. The topological polar surface area (TPSA) is 84.9 Å². The van der Waals surface area contributed by atoms with E-state index in [0.717, 1.165) is 19.3 Å². The van der Waals surface area contributed by atoms with Crippen LogP contribution < -0.4 is 19.7 Å². The number of hydrogen-bond acceptors (Lipinski definition) is 5. The lowest BCUT2D eigenvalue weighted by atomic mass is 9.81. The quantitative estimate of drug-likeness (QED) is 0.749. The average molecular weight is 420 g/mol. The van der Waals surface area contributed by atoms with Gasteiger partial charge in [-0.2, -0.15) is 0 Å². The summed E-state index contributed by atoms with van der Waals surface area (Å²) in [6.45, 7) is 0. The molecule has 2 saturated carbocycles. The highest BCUT2D eigenvalue weighted by molar-refractivity contribution is 6.25. The van der Waals surface area contributed by atoms with Crippen molar-refractivity contribution in [3.63, 3.8) is 0 Å². The Morgan fingerprint density at radius 3 is 2.29 bits per heavy atom. The second-order valence-electron chi connectivity index (χ2n) is 8.43. The molecule has 3 amide bonds. The summed E-state index contributed by atoms with van der Waals surface area (Å²) < 4.78 is 10.6. The molecular weight excluding hydrogens is 396 g/mol. The third-order valence-corrected chi connectivity index (χ3v) is 6.97. The van der Waals surface area contributed by atoms with Crippen LogP contribution in [-0.4, -0.2) is 31.9 Å². The Balaban J connectivity index is 1.47. The zero-order valence-corrected chi connectivity index (χ0v) is 17.5. The second-order valence-corrected chi connectivity index (χ2v) is 8.43. The fourth-order valence-electron chi connectivity index (χ4n) is 5.61. The fraction of sp³-hybridized carbons (Fsp3) is 0.375. The minimum atomic E-state index is -0.428. The lowest BCUT2D eigenvalue weighted by Crippen LogP contribution is -2.34. The van der Waals surface area contributed by atoms with Crippen molar-refractivity contribution in [1.82, 2.24) is 0 Å². The Labute approximate surface area is 180 Å². The molecule has 4 atom stereocenters. The molecule has 5 rings (SSSR count). The first kappa shape index (κ1) is 19.6. The predicted molar refractivity (Wildman–Crippen MR) is 114 cm³/mol. The molecule has 7 heteroatoms. The molecular formula is C24H24N2O5. The lowest BCUT2D eigenvalue weighted by Gasteiger charge is -2.20. The van der Waals surface area contributed by atoms with Gasteiger partial charge >= 0.3 is 0 Å². The molecule has 3 fully saturated rings. The smallest absolute Gasteiger partial charge is 0.257 e. The number of rotatable bonds is 5. The molecule has 1 heterocycles. The van der Waals surface area contributed by atoms with Crippen molar-refractivity contribution < 1.29 is 23.9 Å². The minimum absolute atomic E-state index is 0.165. The van der Waals surface area contributed by atoms with Crippen LogP contribution in [-0.2, 0) is 9.59 Å². The van der Waals surface area contributed by atoms with Gasteiger partial charge in [0.15, 0.2) is 0 Å². The fourth-order valence-corrected chi connectivity index (χ4v) is 5.61. The maximum atomic E-state index is 13.2. The number of imide groups is 1. The monoisotopic (exact) mass is 420 g/mol. The number of nitrogens with zero attached hydrogens (tertiary/aromatic N) is 1. The highest BCUT2D eigenvalue weighted by Crippen LogP contribution is 2.56. The number of hydrogen-bond donors (Lipinski definition) is 1. The molecule has 7 nitrogen and oxygen atoms in total. The van der Waals surface area contributed by atoms with Crippen LogP contribution >= 0.6 is 0 Å². The Morgan fingerprint density at radius 1 is 0.968 bits per heavy atom. The van der Waals surface area contributed by atoms with Crippen LogP contribution in [0.25, 0.3) is 0 Å². The molecule has 1 N–H and O–H groups in total. The maximum Gasteiger partial charge on any atom is 0.257 e. The number of carbonyl (C=O) groups excluding carboxylic acids is 3. The van der Waals surface area contributed by atoms with Crippen molar-refractivity contribution in [1.29, 1.82) is 0 Å². The number of nitrogens with one attached hydrogen (secondary N) is 1. The summed E-state index contributed by atoms with van der Waals surface area (Å²) in [6.07, 6.45) is 2.99. The summed E-state index contributed by atoms with van der Waals surface area (Å²) in [6, 6.07) is 11.8. The number of anilines is 2. The number of carbonyl (C=O) groups is 3. The van der Waals surface area contributed by atoms with E-state index in [1.54, 1.807) is 42.5 Å². The molecule has 0 radical (unpaired) electrons. The van der Waals surface area contributed by atoms with Crippen molar-refractivity contribution in [2.24, 2.45) is 23.7 Å². The van der Waals surface area contributed by atoms with Gasteiger partial charge in [0.25, 0.3) is 5.91 Å². The van der Waals surface area contributed by atoms with E-state index < -0.39 is 5.91 Å². The van der Waals surface area contributed by atoms with Gasteiger partial charge in [-0.15, -0.1) is 0 Å². The molecule has 0 spiro atoms. The number of benzene rings is 2. The third-order valence-electron chi connectivity index (χ3n) is 6.97. The first-order chi connectivity index (χ1) is 15.0. The van der Waals surface area contributed by atoms with Gasteiger partial charge in [0.2, 0.25) is 11.8 Å². The standard InChI is InChI=1S/C24H24N2O5/c1-30-15-9-10-19(31-2)17(12-15)25-22(27)16-5-3-4-6-18(16)26-23(28)20-13-7-8-14(11-13)21(20)24(26)29/h3-6,9-10,12-14,20-21H,7-8,11H2,1-2H3,(H,25,27)/t13-,14-,20-,21+/m1/s1. The van der Waals surface area contributed by atoms with E-state index in [0.29, 0.717) is 34.7 Å². The largest absolute Gasteiger partial charge is 0.497 e. The Morgan fingerprint density at radius 2 is 1.65 bits per heavy atom. The number of methoxy groups -OCH3 is 2. The van der Waals surface area contributed by atoms with Crippen LogP contribution in [0.2, 0.25) is 0 Å². The molecule has 1 aliphatic heterocycles. The van der Waals surface area contributed by atoms with Gasteiger partial charge in [-0.05, 0) is 55.4 Å². The van der Waals surface area contributed by atoms with Crippen LogP contribution in [0, 0.1) is 23.7 Å². The number of ether oxygens (including phenoxy) is 2. The van der Waals surface area contributed by atoms with Gasteiger partial charge in [0.1, 0.15) is 11.5 Å². The zero-order chi connectivity index (χ0) is 21.7. The van der Waals surface area contributed by atoms with Crippen molar-refractivity contribution in [2.45, 2.75) is 19.3 Å². The molecule has 2 aliphatic carbocycles. The molecule has 160 valence electrons. The van der Waals surface area contributed by atoms with Crippen molar-refractivity contribution in [3.05, 3.63) is 48.0 Å². The van der Waals surface area contributed by atoms with E-state index in [2.05, 4.69) is 5.32 Å². The van der Waals surface area contributed by atoms with Crippen molar-refractivity contribution in [2.75, 3.05) is 24.4 Å².